The molecule has 5 nitrogen and oxygen atoms in total. The van der Waals surface area contributed by atoms with Crippen molar-refractivity contribution < 1.29 is 4.74 Å². The van der Waals surface area contributed by atoms with E-state index in [1.807, 2.05) is 43.3 Å². The number of allylic oxidation sites excluding steroid dienone is 1. The van der Waals surface area contributed by atoms with E-state index in [4.69, 9.17) is 10.6 Å². The molecule has 1 aromatic carbocycles. The maximum Gasteiger partial charge on any atom is 0.241 e. The Hall–Kier alpha value is -2.14. The van der Waals surface area contributed by atoms with Crippen molar-refractivity contribution in [2.75, 3.05) is 12.0 Å². The molecule has 0 aliphatic carbocycles. The third-order valence-corrected chi connectivity index (χ3v) is 2.25. The standard InChI is InChI=1S/C12H14N4O/c1-2-3-8-17-11-9-6-4-5-7-10(9)14-12(15-11)16-13/h2-7H,8,13H2,1H3,(H,14,15,16)/b3-2+. The molecule has 0 unspecified atom stereocenters. The lowest BCUT2D eigenvalue weighted by Gasteiger charge is -2.08. The fourth-order valence-corrected chi connectivity index (χ4v) is 1.45. The monoisotopic (exact) mass is 230 g/mol. The lowest BCUT2D eigenvalue weighted by Crippen LogP contribution is -2.11. The molecular formula is C12H14N4O. The molecular weight excluding hydrogens is 216 g/mol. The number of nitrogens with two attached hydrogens (primary N) is 1. The average molecular weight is 230 g/mol. The molecule has 0 atom stereocenters. The zero-order valence-corrected chi connectivity index (χ0v) is 9.55. The summed E-state index contributed by atoms with van der Waals surface area (Å²) in [6.07, 6.45) is 3.83. The van der Waals surface area contributed by atoms with E-state index in [1.54, 1.807) is 0 Å². The van der Waals surface area contributed by atoms with Crippen LogP contribution in [0.15, 0.2) is 36.4 Å². The summed E-state index contributed by atoms with van der Waals surface area (Å²) >= 11 is 0. The van der Waals surface area contributed by atoms with Gasteiger partial charge in [0.05, 0.1) is 10.9 Å². The summed E-state index contributed by atoms with van der Waals surface area (Å²) in [5.41, 5.74) is 3.23. The second kappa shape index (κ2) is 5.27. The normalized spacial score (nSPS) is 10.9. The number of benzene rings is 1. The van der Waals surface area contributed by atoms with Crippen LogP contribution in [0.4, 0.5) is 5.95 Å². The van der Waals surface area contributed by atoms with Gasteiger partial charge in [-0.2, -0.15) is 4.98 Å². The maximum absolute atomic E-state index is 5.57. The van der Waals surface area contributed by atoms with Crippen LogP contribution in [0.5, 0.6) is 5.88 Å². The van der Waals surface area contributed by atoms with Crippen molar-refractivity contribution in [3.8, 4) is 5.88 Å². The molecule has 88 valence electrons. The van der Waals surface area contributed by atoms with Gasteiger partial charge in [0.25, 0.3) is 0 Å². The number of fused-ring (bicyclic) bond motifs is 1. The number of anilines is 1. The lowest BCUT2D eigenvalue weighted by molar-refractivity contribution is 0.353. The van der Waals surface area contributed by atoms with Crippen LogP contribution in [0.1, 0.15) is 6.92 Å². The number of nitrogens with one attached hydrogen (secondary N) is 1. The zero-order valence-electron chi connectivity index (χ0n) is 9.55. The number of hydrazine groups is 1. The average Bonchev–Trinajstić information content (AvgIpc) is 2.38. The van der Waals surface area contributed by atoms with Gasteiger partial charge in [-0.15, -0.1) is 0 Å². The highest BCUT2D eigenvalue weighted by atomic mass is 16.5. The number of nitrogens with zero attached hydrogens (tertiary/aromatic N) is 2. The van der Waals surface area contributed by atoms with Gasteiger partial charge in [0, 0.05) is 0 Å². The molecule has 0 spiro atoms. The minimum absolute atomic E-state index is 0.346. The predicted octanol–water partition coefficient (Wildman–Crippen LogP) is 1.87. The second-order valence-electron chi connectivity index (χ2n) is 3.39. The highest BCUT2D eigenvalue weighted by Crippen LogP contribution is 2.23. The first kappa shape index (κ1) is 11.3. The largest absolute Gasteiger partial charge is 0.473 e. The SMILES string of the molecule is C/C=C/COc1nc(NN)nc2ccccc12. The van der Waals surface area contributed by atoms with Gasteiger partial charge in [-0.05, 0) is 19.1 Å². The molecule has 2 aromatic rings. The maximum atomic E-state index is 5.57. The van der Waals surface area contributed by atoms with E-state index in [0.29, 0.717) is 18.4 Å². The number of hydrogen-bond donors (Lipinski definition) is 2. The molecule has 3 N–H and O–H groups in total. The third kappa shape index (κ3) is 2.51. The van der Waals surface area contributed by atoms with Crippen LogP contribution < -0.4 is 16.0 Å². The smallest absolute Gasteiger partial charge is 0.241 e. The number of ether oxygens (including phenoxy) is 1. The van der Waals surface area contributed by atoms with E-state index in [9.17, 15) is 0 Å². The van der Waals surface area contributed by atoms with E-state index >= 15 is 0 Å². The highest BCUT2D eigenvalue weighted by Gasteiger charge is 2.06. The van der Waals surface area contributed by atoms with Gasteiger partial charge in [-0.1, -0.05) is 24.3 Å². The number of aromatic nitrogens is 2. The topological polar surface area (TPSA) is 73.1 Å². The summed E-state index contributed by atoms with van der Waals surface area (Å²) in [4.78, 5) is 8.43. The van der Waals surface area contributed by atoms with Gasteiger partial charge in [0.15, 0.2) is 0 Å². The van der Waals surface area contributed by atoms with E-state index in [-0.39, 0.29) is 0 Å². The number of para-hydroxylation sites is 1. The molecule has 2 rings (SSSR count). The Morgan fingerprint density at radius 3 is 2.94 bits per heavy atom. The summed E-state index contributed by atoms with van der Waals surface area (Å²) < 4.78 is 5.57. The van der Waals surface area contributed by atoms with Gasteiger partial charge >= 0.3 is 0 Å². The Bertz CT molecular complexity index is 539. The molecule has 17 heavy (non-hydrogen) atoms. The molecule has 0 amide bonds. The first-order chi connectivity index (χ1) is 8.35. The van der Waals surface area contributed by atoms with E-state index in [2.05, 4.69) is 15.4 Å². The fourth-order valence-electron chi connectivity index (χ4n) is 1.45. The number of nitrogen functional groups attached to an aromatic ring is 1. The lowest BCUT2D eigenvalue weighted by atomic mass is 10.2. The molecule has 0 fully saturated rings. The van der Waals surface area contributed by atoms with Crippen LogP contribution in [0, 0.1) is 0 Å². The van der Waals surface area contributed by atoms with E-state index in [0.717, 1.165) is 10.9 Å². The molecule has 0 saturated carbocycles. The molecule has 0 radical (unpaired) electrons. The van der Waals surface area contributed by atoms with Crippen molar-refractivity contribution in [3.05, 3.63) is 36.4 Å². The highest BCUT2D eigenvalue weighted by molar-refractivity contribution is 5.84. The second-order valence-corrected chi connectivity index (χ2v) is 3.39. The molecule has 0 bridgehead atoms. The van der Waals surface area contributed by atoms with Crippen molar-refractivity contribution in [2.24, 2.45) is 5.84 Å². The van der Waals surface area contributed by atoms with Crippen molar-refractivity contribution in [1.29, 1.82) is 0 Å². The van der Waals surface area contributed by atoms with Gasteiger partial charge in [0.2, 0.25) is 11.8 Å². The summed E-state index contributed by atoms with van der Waals surface area (Å²) in [7, 11) is 0. The summed E-state index contributed by atoms with van der Waals surface area (Å²) in [5.74, 6) is 6.20. The third-order valence-electron chi connectivity index (χ3n) is 2.25. The van der Waals surface area contributed by atoms with Crippen LogP contribution in [0.3, 0.4) is 0 Å². The minimum Gasteiger partial charge on any atom is -0.473 e. The fraction of sp³-hybridized carbons (Fsp3) is 0.167. The van der Waals surface area contributed by atoms with E-state index < -0.39 is 0 Å². The zero-order chi connectivity index (χ0) is 12.1. The molecule has 0 aliphatic rings. The number of rotatable bonds is 4. The molecule has 0 saturated heterocycles. The predicted molar refractivity (Wildman–Crippen MR) is 67.7 cm³/mol. The molecule has 0 aliphatic heterocycles. The van der Waals surface area contributed by atoms with Gasteiger partial charge < -0.3 is 4.74 Å². The first-order valence-electron chi connectivity index (χ1n) is 5.32. The van der Waals surface area contributed by atoms with Gasteiger partial charge in [-0.25, -0.2) is 10.8 Å². The van der Waals surface area contributed by atoms with Crippen LogP contribution in [-0.2, 0) is 0 Å². The van der Waals surface area contributed by atoms with Gasteiger partial charge in [-0.3, -0.25) is 5.43 Å². The van der Waals surface area contributed by atoms with Crippen molar-refractivity contribution in [2.45, 2.75) is 6.92 Å². The van der Waals surface area contributed by atoms with Crippen molar-refractivity contribution >= 4 is 16.9 Å². The molecule has 1 aromatic heterocycles. The first-order valence-corrected chi connectivity index (χ1v) is 5.32. The Kier molecular flexibility index (Phi) is 3.52. The van der Waals surface area contributed by atoms with Crippen molar-refractivity contribution in [1.82, 2.24) is 9.97 Å². The minimum atomic E-state index is 0.346. The Morgan fingerprint density at radius 1 is 1.35 bits per heavy atom. The van der Waals surface area contributed by atoms with Gasteiger partial charge in [0.1, 0.15) is 6.61 Å². The van der Waals surface area contributed by atoms with Crippen molar-refractivity contribution in [3.63, 3.8) is 0 Å². The number of hydrogen-bond acceptors (Lipinski definition) is 5. The Labute approximate surface area is 99.3 Å². The van der Waals surface area contributed by atoms with Crippen LogP contribution in [0.25, 0.3) is 10.9 Å². The van der Waals surface area contributed by atoms with Crippen LogP contribution >= 0.6 is 0 Å². The quantitative estimate of drug-likeness (QED) is 0.476. The summed E-state index contributed by atoms with van der Waals surface area (Å²) in [6.45, 7) is 2.41. The van der Waals surface area contributed by atoms with Crippen LogP contribution in [0.2, 0.25) is 0 Å². The Balaban J connectivity index is 2.43. The van der Waals surface area contributed by atoms with Crippen LogP contribution in [-0.4, -0.2) is 16.6 Å². The summed E-state index contributed by atoms with van der Waals surface area (Å²) in [5, 5.41) is 0.871. The summed E-state index contributed by atoms with van der Waals surface area (Å²) in [6, 6.07) is 7.64. The van der Waals surface area contributed by atoms with E-state index in [1.165, 1.54) is 0 Å². The Morgan fingerprint density at radius 2 is 2.18 bits per heavy atom. The molecule has 5 heteroatoms. The molecule has 1 heterocycles.